The number of rotatable bonds is 3. The quantitative estimate of drug-likeness (QED) is 0.326. The summed E-state index contributed by atoms with van der Waals surface area (Å²) in [5, 5.41) is 22.2. The molecule has 0 atom stereocenters. The summed E-state index contributed by atoms with van der Waals surface area (Å²) < 4.78 is 3.03. The second-order valence-electron chi connectivity index (χ2n) is 4.86. The van der Waals surface area contributed by atoms with Crippen LogP contribution in [-0.4, -0.2) is 26.2 Å². The lowest BCUT2D eigenvalue weighted by atomic mass is 10.2. The van der Waals surface area contributed by atoms with Crippen LogP contribution in [0.15, 0.2) is 44.4 Å². The average molecular weight is 523 g/mol. The maximum Gasteiger partial charge on any atom is 0.216 e. The summed E-state index contributed by atoms with van der Waals surface area (Å²) in [4.78, 5) is 0. The molecule has 0 amide bonds. The fraction of sp³-hybridized carbons (Fsp3) is 0. The summed E-state index contributed by atoms with van der Waals surface area (Å²) in [6.07, 6.45) is 1.48. The van der Waals surface area contributed by atoms with Crippen molar-refractivity contribution in [1.82, 2.24) is 14.9 Å². The summed E-state index contributed by atoms with van der Waals surface area (Å²) in [7, 11) is 0. The second-order valence-corrected chi connectivity index (χ2v) is 7.86. The number of aromatic hydroxyl groups is 1. The Labute approximate surface area is 174 Å². The number of aromatic amines is 1. The largest absolute Gasteiger partial charge is 0.506 e. The number of H-pyrrole nitrogens is 1. The predicted molar refractivity (Wildman–Crippen MR) is 109 cm³/mol. The fourth-order valence-corrected chi connectivity index (χ4v) is 3.98. The van der Waals surface area contributed by atoms with E-state index in [0.29, 0.717) is 31.5 Å². The minimum atomic E-state index is 0.0630. The van der Waals surface area contributed by atoms with Crippen molar-refractivity contribution >= 4 is 73.5 Å². The standard InChI is InChI=1S/C15H8Br2Cl2N4OS/c16-8-3-7(13(24)11(17)4-8)6-20-23-14(21-22-15(23)25)10-2-1-9(18)5-12(10)19/h1-6,24H,(H,22,25). The number of nitrogens with one attached hydrogen (secondary N) is 1. The molecule has 0 aliphatic heterocycles. The highest BCUT2D eigenvalue weighted by atomic mass is 79.9. The van der Waals surface area contributed by atoms with Crippen LogP contribution < -0.4 is 0 Å². The van der Waals surface area contributed by atoms with Gasteiger partial charge in [0, 0.05) is 20.6 Å². The zero-order valence-corrected chi connectivity index (χ0v) is 17.7. The minimum absolute atomic E-state index is 0.0630. The topological polar surface area (TPSA) is 66.2 Å². The minimum Gasteiger partial charge on any atom is -0.506 e. The van der Waals surface area contributed by atoms with Crippen LogP contribution in [0.4, 0.5) is 0 Å². The summed E-state index contributed by atoms with van der Waals surface area (Å²) >= 11 is 24.0. The lowest BCUT2D eigenvalue weighted by Crippen LogP contribution is -1.96. The van der Waals surface area contributed by atoms with E-state index in [1.165, 1.54) is 10.9 Å². The Balaban J connectivity index is 2.08. The number of phenolic OH excluding ortho intramolecular Hbond substituents is 1. The Hall–Kier alpha value is -1.19. The van der Waals surface area contributed by atoms with Crippen LogP contribution in [0.5, 0.6) is 5.75 Å². The van der Waals surface area contributed by atoms with Gasteiger partial charge in [0.15, 0.2) is 5.82 Å². The molecule has 5 nitrogen and oxygen atoms in total. The lowest BCUT2D eigenvalue weighted by molar-refractivity contribution is 0.471. The molecule has 0 aliphatic carbocycles. The number of benzene rings is 2. The van der Waals surface area contributed by atoms with E-state index in [4.69, 9.17) is 35.4 Å². The first-order valence-corrected chi connectivity index (χ1v) is 9.47. The van der Waals surface area contributed by atoms with E-state index in [1.807, 2.05) is 0 Å². The van der Waals surface area contributed by atoms with Gasteiger partial charge in [-0.15, -0.1) is 0 Å². The Morgan fingerprint density at radius 1 is 1.24 bits per heavy atom. The maximum atomic E-state index is 10.1. The summed E-state index contributed by atoms with van der Waals surface area (Å²) in [5.41, 5.74) is 1.12. The third kappa shape index (κ3) is 3.98. The maximum absolute atomic E-state index is 10.1. The number of nitrogens with zero attached hydrogens (tertiary/aromatic N) is 3. The molecule has 0 aliphatic rings. The molecule has 0 bridgehead atoms. The second kappa shape index (κ2) is 7.59. The van der Waals surface area contributed by atoms with E-state index in [2.05, 4.69) is 47.2 Å². The molecule has 3 aromatic rings. The van der Waals surface area contributed by atoms with Crippen LogP contribution in [0.2, 0.25) is 10.0 Å². The van der Waals surface area contributed by atoms with Gasteiger partial charge in [-0.1, -0.05) is 39.1 Å². The van der Waals surface area contributed by atoms with Gasteiger partial charge in [0.1, 0.15) is 5.75 Å². The zero-order valence-electron chi connectivity index (χ0n) is 12.2. The lowest BCUT2D eigenvalue weighted by Gasteiger charge is -2.05. The molecular weight excluding hydrogens is 515 g/mol. The summed E-state index contributed by atoms with van der Waals surface area (Å²) in [5.74, 6) is 0.490. The Morgan fingerprint density at radius 3 is 2.72 bits per heavy atom. The predicted octanol–water partition coefficient (Wildman–Crippen LogP) is 6.03. The van der Waals surface area contributed by atoms with Crippen molar-refractivity contribution in [3.63, 3.8) is 0 Å². The summed E-state index contributed by atoms with van der Waals surface area (Å²) in [6, 6.07) is 8.50. The highest BCUT2D eigenvalue weighted by Gasteiger charge is 2.13. The van der Waals surface area contributed by atoms with Gasteiger partial charge in [-0.3, -0.25) is 0 Å². The third-order valence-corrected chi connectivity index (χ3v) is 5.07. The van der Waals surface area contributed by atoms with Crippen LogP contribution in [0.3, 0.4) is 0 Å². The first-order valence-electron chi connectivity index (χ1n) is 6.72. The van der Waals surface area contributed by atoms with Crippen LogP contribution in [0, 0.1) is 4.77 Å². The number of hydrogen-bond donors (Lipinski definition) is 2. The molecule has 25 heavy (non-hydrogen) atoms. The Kier molecular flexibility index (Phi) is 5.65. The number of hydrogen-bond acceptors (Lipinski definition) is 4. The van der Waals surface area contributed by atoms with Gasteiger partial charge in [-0.05, 0) is 58.5 Å². The van der Waals surface area contributed by atoms with Crippen molar-refractivity contribution in [2.24, 2.45) is 5.10 Å². The van der Waals surface area contributed by atoms with E-state index in [-0.39, 0.29) is 10.5 Å². The molecule has 1 aromatic heterocycles. The van der Waals surface area contributed by atoms with Gasteiger partial charge >= 0.3 is 0 Å². The van der Waals surface area contributed by atoms with Gasteiger partial charge in [0.05, 0.1) is 15.7 Å². The number of phenols is 1. The van der Waals surface area contributed by atoms with Crippen molar-refractivity contribution in [2.45, 2.75) is 0 Å². The van der Waals surface area contributed by atoms with E-state index >= 15 is 0 Å². The average Bonchev–Trinajstić information content (AvgIpc) is 2.90. The molecular formula is C15H8Br2Cl2N4OS. The number of halogens is 4. The van der Waals surface area contributed by atoms with Crippen LogP contribution in [0.25, 0.3) is 11.4 Å². The monoisotopic (exact) mass is 520 g/mol. The molecule has 0 fully saturated rings. The fourth-order valence-electron chi connectivity index (χ4n) is 2.05. The van der Waals surface area contributed by atoms with Gasteiger partial charge in [0.25, 0.3) is 0 Å². The van der Waals surface area contributed by atoms with Gasteiger partial charge in [0.2, 0.25) is 4.77 Å². The normalized spacial score (nSPS) is 11.4. The van der Waals surface area contributed by atoms with Gasteiger partial charge < -0.3 is 5.11 Å². The zero-order chi connectivity index (χ0) is 18.1. The van der Waals surface area contributed by atoms with Crippen molar-refractivity contribution in [3.8, 4) is 17.1 Å². The molecule has 1 heterocycles. The smallest absolute Gasteiger partial charge is 0.216 e. The van der Waals surface area contributed by atoms with Crippen LogP contribution >= 0.6 is 67.3 Å². The van der Waals surface area contributed by atoms with E-state index in [9.17, 15) is 5.11 Å². The molecule has 0 spiro atoms. The highest BCUT2D eigenvalue weighted by molar-refractivity contribution is 9.11. The van der Waals surface area contributed by atoms with Crippen LogP contribution in [-0.2, 0) is 0 Å². The molecule has 0 saturated heterocycles. The molecule has 2 N–H and O–H groups in total. The molecule has 0 unspecified atom stereocenters. The first kappa shape index (κ1) is 18.6. The molecule has 3 rings (SSSR count). The molecule has 0 radical (unpaired) electrons. The highest BCUT2D eigenvalue weighted by Crippen LogP contribution is 2.31. The molecule has 0 saturated carbocycles. The Morgan fingerprint density at radius 2 is 2.00 bits per heavy atom. The molecule has 128 valence electrons. The SMILES string of the molecule is Oc1c(Br)cc(Br)cc1C=Nn1c(-c2ccc(Cl)cc2Cl)n[nH]c1=S. The third-order valence-electron chi connectivity index (χ3n) is 3.19. The molecule has 2 aromatic carbocycles. The Bertz CT molecular complexity index is 1050. The van der Waals surface area contributed by atoms with E-state index in [1.54, 1.807) is 30.3 Å². The van der Waals surface area contributed by atoms with Crippen molar-refractivity contribution in [1.29, 1.82) is 0 Å². The van der Waals surface area contributed by atoms with Crippen molar-refractivity contribution in [2.75, 3.05) is 0 Å². The van der Waals surface area contributed by atoms with Gasteiger partial charge in [-0.25, -0.2) is 5.10 Å². The molecule has 10 heteroatoms. The van der Waals surface area contributed by atoms with Crippen molar-refractivity contribution < 1.29 is 5.11 Å². The van der Waals surface area contributed by atoms with Crippen LogP contribution in [0.1, 0.15) is 5.56 Å². The van der Waals surface area contributed by atoms with Gasteiger partial charge in [-0.2, -0.15) is 14.9 Å². The van der Waals surface area contributed by atoms with E-state index < -0.39 is 0 Å². The number of aromatic nitrogens is 3. The van der Waals surface area contributed by atoms with E-state index in [0.717, 1.165) is 4.47 Å². The first-order chi connectivity index (χ1) is 11.9. The summed E-state index contributed by atoms with van der Waals surface area (Å²) in [6.45, 7) is 0. The van der Waals surface area contributed by atoms with Crippen molar-refractivity contribution in [3.05, 3.63) is 59.7 Å².